The van der Waals surface area contributed by atoms with Crippen LogP contribution in [0.25, 0.3) is 10.8 Å². The van der Waals surface area contributed by atoms with Crippen molar-refractivity contribution in [3.63, 3.8) is 0 Å². The van der Waals surface area contributed by atoms with Gasteiger partial charge in [-0.15, -0.1) is 0 Å². The second-order valence-electron chi connectivity index (χ2n) is 6.36. The maximum Gasteiger partial charge on any atom is 0.187 e. The molecule has 1 aromatic heterocycles. The third-order valence-electron chi connectivity index (χ3n) is 4.79. The SMILES string of the molecule is CNc1nc2c(c3ccccc13)OC(N)=CC2c1cc(Br)c(OC)c(OC)c1. The average Bonchev–Trinajstić information content (AvgIpc) is 2.72. The molecule has 3 N–H and O–H groups in total. The Labute approximate surface area is 171 Å². The standard InChI is InChI=1S/C21H20BrN3O3/c1-24-21-13-7-5-4-6-12(13)19-18(25-21)14(10-17(23)28-19)11-8-15(22)20(27-3)16(9-11)26-2/h4-10,14H,23H2,1-3H3,(H,24,25). The van der Waals surface area contributed by atoms with Crippen LogP contribution < -0.4 is 25.3 Å². The number of methoxy groups -OCH3 is 2. The lowest BCUT2D eigenvalue weighted by molar-refractivity contribution is 0.352. The molecule has 0 spiro atoms. The molecular formula is C21H20BrN3O3. The van der Waals surface area contributed by atoms with Gasteiger partial charge in [0, 0.05) is 17.8 Å². The van der Waals surface area contributed by atoms with E-state index in [2.05, 4.69) is 21.2 Å². The summed E-state index contributed by atoms with van der Waals surface area (Å²) in [5.74, 6) is 2.87. The highest BCUT2D eigenvalue weighted by atomic mass is 79.9. The zero-order valence-electron chi connectivity index (χ0n) is 15.7. The molecule has 0 radical (unpaired) electrons. The fourth-order valence-electron chi connectivity index (χ4n) is 3.53. The first-order chi connectivity index (χ1) is 13.6. The Morgan fingerprint density at radius 3 is 2.57 bits per heavy atom. The highest BCUT2D eigenvalue weighted by Crippen LogP contribution is 2.45. The van der Waals surface area contributed by atoms with Crippen LogP contribution >= 0.6 is 15.9 Å². The van der Waals surface area contributed by atoms with Gasteiger partial charge in [-0.3, -0.25) is 0 Å². The number of nitrogens with one attached hydrogen (secondary N) is 1. The van der Waals surface area contributed by atoms with E-state index in [0.29, 0.717) is 23.1 Å². The van der Waals surface area contributed by atoms with Gasteiger partial charge < -0.3 is 25.3 Å². The number of halogens is 1. The molecule has 0 bridgehead atoms. The monoisotopic (exact) mass is 441 g/mol. The van der Waals surface area contributed by atoms with Crippen molar-refractivity contribution < 1.29 is 14.2 Å². The maximum atomic E-state index is 6.13. The summed E-state index contributed by atoms with van der Waals surface area (Å²) in [5.41, 5.74) is 7.88. The highest BCUT2D eigenvalue weighted by Gasteiger charge is 2.28. The fraction of sp³-hybridized carbons (Fsp3) is 0.190. The fourth-order valence-corrected chi connectivity index (χ4v) is 4.15. The van der Waals surface area contributed by atoms with Crippen LogP contribution in [0.3, 0.4) is 0 Å². The summed E-state index contributed by atoms with van der Waals surface area (Å²) in [6, 6.07) is 11.9. The van der Waals surface area contributed by atoms with Gasteiger partial charge in [-0.2, -0.15) is 0 Å². The number of hydrogen-bond donors (Lipinski definition) is 2. The van der Waals surface area contributed by atoms with Gasteiger partial charge in [0.25, 0.3) is 0 Å². The summed E-state index contributed by atoms with van der Waals surface area (Å²) in [6.07, 6.45) is 1.86. The topological polar surface area (TPSA) is 78.6 Å². The number of rotatable bonds is 4. The predicted octanol–water partition coefficient (Wildman–Crippen LogP) is 4.38. The molecule has 28 heavy (non-hydrogen) atoms. The molecule has 7 heteroatoms. The van der Waals surface area contributed by atoms with Crippen molar-refractivity contribution in [1.82, 2.24) is 4.98 Å². The Kier molecular flexibility index (Phi) is 4.77. The second-order valence-corrected chi connectivity index (χ2v) is 7.21. The number of aromatic nitrogens is 1. The number of ether oxygens (including phenoxy) is 3. The quantitative estimate of drug-likeness (QED) is 0.625. The van der Waals surface area contributed by atoms with Crippen molar-refractivity contribution in [2.45, 2.75) is 5.92 Å². The Hall–Kier alpha value is -2.93. The van der Waals surface area contributed by atoms with Gasteiger partial charge in [-0.05, 0) is 39.7 Å². The zero-order chi connectivity index (χ0) is 19.8. The molecule has 3 aromatic rings. The molecule has 0 saturated heterocycles. The van der Waals surface area contributed by atoms with E-state index >= 15 is 0 Å². The Balaban J connectivity index is 1.97. The van der Waals surface area contributed by atoms with Crippen LogP contribution in [0.15, 0.2) is 52.8 Å². The van der Waals surface area contributed by atoms with E-state index in [9.17, 15) is 0 Å². The molecule has 4 rings (SSSR count). The summed E-state index contributed by atoms with van der Waals surface area (Å²) in [7, 11) is 5.08. The zero-order valence-corrected chi connectivity index (χ0v) is 17.3. The number of pyridine rings is 1. The number of anilines is 1. The number of nitrogens with zero attached hydrogens (tertiary/aromatic N) is 1. The minimum Gasteiger partial charge on any atom is -0.493 e. The van der Waals surface area contributed by atoms with Crippen LogP contribution in [0.4, 0.5) is 5.82 Å². The lowest BCUT2D eigenvalue weighted by Gasteiger charge is -2.25. The van der Waals surface area contributed by atoms with Gasteiger partial charge in [-0.25, -0.2) is 4.98 Å². The van der Waals surface area contributed by atoms with Crippen LogP contribution in [0.5, 0.6) is 17.2 Å². The van der Waals surface area contributed by atoms with E-state index in [4.69, 9.17) is 24.9 Å². The molecule has 2 heterocycles. The van der Waals surface area contributed by atoms with Crippen molar-refractivity contribution in [3.8, 4) is 17.2 Å². The summed E-state index contributed by atoms with van der Waals surface area (Å²) < 4.78 is 17.6. The molecule has 1 aliphatic heterocycles. The van der Waals surface area contributed by atoms with E-state index in [-0.39, 0.29) is 5.92 Å². The Morgan fingerprint density at radius 1 is 1.14 bits per heavy atom. The Bertz CT molecular complexity index is 1100. The molecule has 0 aliphatic carbocycles. The van der Waals surface area contributed by atoms with Gasteiger partial charge in [0.15, 0.2) is 23.1 Å². The van der Waals surface area contributed by atoms with E-state index in [1.807, 2.05) is 49.5 Å². The van der Waals surface area contributed by atoms with E-state index in [0.717, 1.165) is 32.3 Å². The number of nitrogens with two attached hydrogens (primary N) is 1. The minimum absolute atomic E-state index is 0.198. The van der Waals surface area contributed by atoms with Crippen LogP contribution in [0, 0.1) is 0 Å². The molecule has 2 aromatic carbocycles. The predicted molar refractivity (Wildman–Crippen MR) is 113 cm³/mol. The van der Waals surface area contributed by atoms with Crippen molar-refractivity contribution >= 4 is 32.5 Å². The third kappa shape index (κ3) is 2.92. The number of benzene rings is 2. The minimum atomic E-state index is -0.198. The lowest BCUT2D eigenvalue weighted by Crippen LogP contribution is -2.18. The molecule has 1 aliphatic rings. The summed E-state index contributed by atoms with van der Waals surface area (Å²) in [5, 5.41) is 5.12. The molecular weight excluding hydrogens is 422 g/mol. The largest absolute Gasteiger partial charge is 0.493 e. The summed E-state index contributed by atoms with van der Waals surface area (Å²) >= 11 is 3.57. The molecule has 0 saturated carbocycles. The molecule has 144 valence electrons. The van der Waals surface area contributed by atoms with Crippen molar-refractivity contribution in [2.24, 2.45) is 5.73 Å². The first-order valence-corrected chi connectivity index (χ1v) is 9.53. The molecule has 1 atom stereocenters. The summed E-state index contributed by atoms with van der Waals surface area (Å²) in [6.45, 7) is 0. The molecule has 1 unspecified atom stereocenters. The smallest absolute Gasteiger partial charge is 0.187 e. The van der Waals surface area contributed by atoms with Crippen molar-refractivity contribution in [3.05, 3.63) is 64.1 Å². The lowest BCUT2D eigenvalue weighted by atomic mass is 9.91. The van der Waals surface area contributed by atoms with Gasteiger partial charge in [-0.1, -0.05) is 24.3 Å². The maximum absolute atomic E-state index is 6.13. The van der Waals surface area contributed by atoms with Crippen LogP contribution in [-0.4, -0.2) is 26.3 Å². The normalized spacial score (nSPS) is 15.4. The van der Waals surface area contributed by atoms with Crippen LogP contribution in [-0.2, 0) is 0 Å². The van der Waals surface area contributed by atoms with Gasteiger partial charge >= 0.3 is 0 Å². The van der Waals surface area contributed by atoms with Crippen LogP contribution in [0.1, 0.15) is 17.2 Å². The van der Waals surface area contributed by atoms with E-state index in [1.165, 1.54) is 0 Å². The van der Waals surface area contributed by atoms with Crippen molar-refractivity contribution in [1.29, 1.82) is 0 Å². The Morgan fingerprint density at radius 2 is 1.89 bits per heavy atom. The summed E-state index contributed by atoms with van der Waals surface area (Å²) in [4.78, 5) is 4.86. The number of hydrogen-bond acceptors (Lipinski definition) is 6. The van der Waals surface area contributed by atoms with E-state index in [1.54, 1.807) is 14.2 Å². The average molecular weight is 442 g/mol. The van der Waals surface area contributed by atoms with Gasteiger partial charge in [0.1, 0.15) is 5.82 Å². The molecule has 0 amide bonds. The van der Waals surface area contributed by atoms with Gasteiger partial charge in [0.2, 0.25) is 0 Å². The number of allylic oxidation sites excluding steroid dienone is 1. The van der Waals surface area contributed by atoms with Gasteiger partial charge in [0.05, 0.1) is 30.3 Å². The number of fused-ring (bicyclic) bond motifs is 3. The van der Waals surface area contributed by atoms with Crippen LogP contribution in [0.2, 0.25) is 0 Å². The highest BCUT2D eigenvalue weighted by molar-refractivity contribution is 9.10. The second kappa shape index (κ2) is 7.24. The van der Waals surface area contributed by atoms with E-state index < -0.39 is 0 Å². The first kappa shape index (κ1) is 18.4. The molecule has 0 fully saturated rings. The molecule has 6 nitrogen and oxygen atoms in total. The third-order valence-corrected chi connectivity index (χ3v) is 5.38. The first-order valence-electron chi connectivity index (χ1n) is 8.74. The van der Waals surface area contributed by atoms with Crippen molar-refractivity contribution in [2.75, 3.05) is 26.6 Å².